The van der Waals surface area contributed by atoms with Crippen LogP contribution in [0.4, 0.5) is 0 Å². The number of benzene rings is 3. The van der Waals surface area contributed by atoms with Crippen molar-refractivity contribution in [1.29, 1.82) is 0 Å². The summed E-state index contributed by atoms with van der Waals surface area (Å²) in [5, 5.41) is 72.7. The van der Waals surface area contributed by atoms with Gasteiger partial charge in [-0.05, 0) is 80.2 Å². The van der Waals surface area contributed by atoms with Crippen LogP contribution in [-0.2, 0) is 86.4 Å². The maximum atomic E-state index is 14.9. The second-order valence-corrected chi connectivity index (χ2v) is 25.0. The van der Waals surface area contributed by atoms with E-state index in [1.54, 1.807) is 60.7 Å². The van der Waals surface area contributed by atoms with Gasteiger partial charge in [0.1, 0.15) is 54.6 Å². The highest BCUT2D eigenvalue weighted by molar-refractivity contribution is 5.98. The molecule has 0 saturated heterocycles. The lowest BCUT2D eigenvalue weighted by Gasteiger charge is -2.27. The van der Waals surface area contributed by atoms with Crippen LogP contribution in [0.15, 0.2) is 84.9 Å². The van der Waals surface area contributed by atoms with Gasteiger partial charge in [0.05, 0.1) is 6.54 Å². The molecule has 3 aromatic rings. The number of aliphatic carboxylic acids is 4. The van der Waals surface area contributed by atoms with Crippen molar-refractivity contribution in [1.82, 2.24) is 53.2 Å². The third kappa shape index (κ3) is 38.3. The molecule has 0 aliphatic rings. The molecule has 0 aromatic heterocycles. The number of carboxylic acid groups (broad SMARTS) is 4. The van der Waals surface area contributed by atoms with Crippen molar-refractivity contribution in [2.75, 3.05) is 19.6 Å². The Labute approximate surface area is 589 Å². The zero-order valence-electron chi connectivity index (χ0n) is 58.0. The van der Waals surface area contributed by atoms with E-state index < -0.39 is 165 Å². The van der Waals surface area contributed by atoms with Crippen LogP contribution in [0.2, 0.25) is 0 Å². The van der Waals surface area contributed by atoms with Crippen molar-refractivity contribution >= 4 is 82.9 Å². The number of phenolic OH excluding ortho intramolecular Hbond substituents is 1. The van der Waals surface area contributed by atoms with Crippen molar-refractivity contribution < 1.29 is 92.7 Å². The maximum absolute atomic E-state index is 14.9. The molecule has 0 unspecified atom stereocenters. The zero-order valence-corrected chi connectivity index (χ0v) is 58.0. The number of carbonyl (C=O) groups excluding carboxylic acids is 10. The van der Waals surface area contributed by atoms with E-state index in [1.165, 1.54) is 37.1 Å². The summed E-state index contributed by atoms with van der Waals surface area (Å²) in [7, 11) is 0. The number of hydrogen-bond donors (Lipinski definition) is 15. The molecule has 15 N–H and O–H groups in total. The molecule has 7 atom stereocenters. The van der Waals surface area contributed by atoms with Crippen LogP contribution in [-0.4, -0.2) is 170 Å². The molecule has 29 heteroatoms. The van der Waals surface area contributed by atoms with Crippen molar-refractivity contribution in [2.45, 2.75) is 236 Å². The average molecular weight is 1410 g/mol. The highest BCUT2D eigenvalue weighted by atomic mass is 16.4. The molecule has 29 nitrogen and oxygen atoms in total. The maximum Gasteiger partial charge on any atom is 0.322 e. The predicted molar refractivity (Wildman–Crippen MR) is 372 cm³/mol. The van der Waals surface area contributed by atoms with Gasteiger partial charge in [-0.25, -0.2) is 0 Å². The van der Waals surface area contributed by atoms with Gasteiger partial charge in [0, 0.05) is 57.9 Å². The molecule has 10 amide bonds. The first-order valence-electron chi connectivity index (χ1n) is 35.0. The van der Waals surface area contributed by atoms with Crippen LogP contribution in [0.1, 0.15) is 191 Å². The first-order chi connectivity index (χ1) is 48.4. The van der Waals surface area contributed by atoms with Gasteiger partial charge in [0.2, 0.25) is 59.1 Å². The molecule has 0 saturated carbocycles. The van der Waals surface area contributed by atoms with Gasteiger partial charge in [-0.3, -0.25) is 67.1 Å². The number of aromatic hydroxyl groups is 1. The fraction of sp³-hybridized carbons (Fsp3) is 0.556. The molecule has 0 aliphatic carbocycles. The SMILES string of the molecule is CCCCCCCCCC(=O)NCCCC[C@H](NC(=O)CCCCCCCCC)C(=O)N[C@@H](Cc1ccccc1)C(=O)N[C@@H](Cc1ccccc1)C(=O)N[C@@H](Cc1ccc(O)cc1)C(=O)NCC(=O)N[C@@H](CCC(=O)O)C(=O)N[C@@H](CCC(=O)O)C(=O)N[C@@H](CCC(=O)O)C(=O)NCC(=O)O. The Morgan fingerprint density at radius 3 is 1.07 bits per heavy atom. The smallest absolute Gasteiger partial charge is 0.322 e. The van der Waals surface area contributed by atoms with Gasteiger partial charge in [-0.15, -0.1) is 0 Å². The molecule has 0 radical (unpaired) electrons. The van der Waals surface area contributed by atoms with Crippen LogP contribution < -0.4 is 53.2 Å². The van der Waals surface area contributed by atoms with E-state index in [1.807, 2.05) is 5.32 Å². The topological polar surface area (TPSA) is 460 Å². The average Bonchev–Trinajstić information content (AvgIpc) is 0.924. The molecular formula is C72H104N10O19. The molecular weight excluding hydrogens is 1310 g/mol. The van der Waals surface area contributed by atoms with Crippen LogP contribution in [0.25, 0.3) is 0 Å². The number of rotatable bonds is 54. The summed E-state index contributed by atoms with van der Waals surface area (Å²) in [6, 6.07) is 12.0. The fourth-order valence-electron chi connectivity index (χ4n) is 10.8. The Bertz CT molecular complexity index is 3120. The minimum absolute atomic E-state index is 0.0643. The summed E-state index contributed by atoms with van der Waals surface area (Å²) >= 11 is 0. The molecule has 3 aromatic carbocycles. The summed E-state index contributed by atoms with van der Waals surface area (Å²) in [4.78, 5) is 185. The first kappa shape index (κ1) is 85.3. The van der Waals surface area contributed by atoms with E-state index in [0.29, 0.717) is 48.9 Å². The standard InChI is InChI=1S/C72H104N10O19/c1-3-5-7-9-11-13-21-30-59(84)73-42-24-23-29-52(76-60(85)31-22-14-12-10-8-6-4-2)68(97)81-57(43-48-25-17-15-18-26-48)72(101)82-58(44-49-27-19-16-20-28-49)71(100)80-56(45-50-32-34-51(83)35-33-50)67(96)74-46-61(86)77-54(37-40-63(89)90)69(98)79-55(38-41-64(91)92)70(99)78-53(36-39-62(87)88)66(95)75-47-65(93)94/h15-20,25-28,32-35,52-58,83H,3-14,21-24,29-31,36-47H2,1-2H3,(H,73,84)(H,74,96)(H,75,95)(H,76,85)(H,77,86)(H,78,99)(H,79,98)(H,80,100)(H,81,97)(H,82,101)(H,87,88)(H,89,90)(H,91,92)(H,93,94)/t52-,53-,54-,55-,56-,57-,58-/m0/s1. The largest absolute Gasteiger partial charge is 0.508 e. The van der Waals surface area contributed by atoms with Crippen LogP contribution in [0.5, 0.6) is 5.75 Å². The second-order valence-electron chi connectivity index (χ2n) is 25.0. The number of hydrogen-bond acceptors (Lipinski definition) is 15. The van der Waals surface area contributed by atoms with E-state index in [0.717, 1.165) is 70.6 Å². The van der Waals surface area contributed by atoms with Gasteiger partial charge in [0.15, 0.2) is 0 Å². The van der Waals surface area contributed by atoms with Gasteiger partial charge in [-0.1, -0.05) is 164 Å². The number of nitrogens with one attached hydrogen (secondary N) is 10. The van der Waals surface area contributed by atoms with Crippen LogP contribution in [0, 0.1) is 0 Å². The molecule has 0 fully saturated rings. The van der Waals surface area contributed by atoms with E-state index in [4.69, 9.17) is 5.11 Å². The minimum atomic E-state index is -1.83. The van der Waals surface area contributed by atoms with E-state index >= 15 is 0 Å². The number of carboxylic acids is 4. The minimum Gasteiger partial charge on any atom is -0.508 e. The third-order valence-electron chi connectivity index (χ3n) is 16.4. The van der Waals surface area contributed by atoms with Crippen molar-refractivity contribution in [3.05, 3.63) is 102 Å². The zero-order chi connectivity index (χ0) is 74.3. The highest BCUT2D eigenvalue weighted by Crippen LogP contribution is 2.16. The van der Waals surface area contributed by atoms with Crippen molar-refractivity contribution in [2.24, 2.45) is 0 Å². The quantitative estimate of drug-likeness (QED) is 0.0350. The Balaban J connectivity index is 1.93. The predicted octanol–water partition coefficient (Wildman–Crippen LogP) is 4.29. The Morgan fingerprint density at radius 1 is 0.297 bits per heavy atom. The lowest BCUT2D eigenvalue weighted by atomic mass is 10.0. The molecule has 0 heterocycles. The third-order valence-corrected chi connectivity index (χ3v) is 16.4. The Kier molecular flexibility index (Phi) is 41.8. The summed E-state index contributed by atoms with van der Waals surface area (Å²) in [6.07, 6.45) is 11.2. The molecule has 3 rings (SSSR count). The van der Waals surface area contributed by atoms with E-state index in [2.05, 4.69) is 61.7 Å². The highest BCUT2D eigenvalue weighted by Gasteiger charge is 2.34. The lowest BCUT2D eigenvalue weighted by Crippen LogP contribution is -2.59. The number of phenols is 1. The van der Waals surface area contributed by atoms with Crippen molar-refractivity contribution in [3.63, 3.8) is 0 Å². The van der Waals surface area contributed by atoms with Gasteiger partial charge in [-0.2, -0.15) is 0 Å². The van der Waals surface area contributed by atoms with Crippen LogP contribution in [0.3, 0.4) is 0 Å². The first-order valence-corrected chi connectivity index (χ1v) is 35.0. The Hall–Kier alpha value is -9.96. The molecule has 0 aliphatic heterocycles. The van der Waals surface area contributed by atoms with E-state index in [9.17, 15) is 87.5 Å². The number of unbranched alkanes of at least 4 members (excludes halogenated alkanes) is 13. The molecule has 556 valence electrons. The van der Waals surface area contributed by atoms with Gasteiger partial charge in [0.25, 0.3) is 0 Å². The monoisotopic (exact) mass is 1410 g/mol. The molecule has 101 heavy (non-hydrogen) atoms. The second kappa shape index (κ2) is 49.5. The molecule has 0 spiro atoms. The molecule has 0 bridgehead atoms. The number of carbonyl (C=O) groups is 14. The van der Waals surface area contributed by atoms with Gasteiger partial charge < -0.3 is 78.7 Å². The summed E-state index contributed by atoms with van der Waals surface area (Å²) in [5.74, 6) is -14.5. The van der Waals surface area contributed by atoms with E-state index in [-0.39, 0.29) is 49.7 Å². The van der Waals surface area contributed by atoms with Gasteiger partial charge >= 0.3 is 23.9 Å². The summed E-state index contributed by atoms with van der Waals surface area (Å²) < 4.78 is 0. The Morgan fingerprint density at radius 2 is 0.634 bits per heavy atom. The number of amides is 10. The van der Waals surface area contributed by atoms with Crippen LogP contribution >= 0.6 is 0 Å². The summed E-state index contributed by atoms with van der Waals surface area (Å²) in [5.41, 5.74) is 1.57. The fourth-order valence-corrected chi connectivity index (χ4v) is 10.8. The normalized spacial score (nSPS) is 13.0. The summed E-state index contributed by atoms with van der Waals surface area (Å²) in [6.45, 7) is 2.77. The lowest BCUT2D eigenvalue weighted by molar-refractivity contribution is -0.141. The van der Waals surface area contributed by atoms with Crippen molar-refractivity contribution in [3.8, 4) is 5.75 Å².